The van der Waals surface area contributed by atoms with Gasteiger partial charge in [0.05, 0.1) is 0 Å². The lowest BCUT2D eigenvalue weighted by Crippen LogP contribution is -2.33. The summed E-state index contributed by atoms with van der Waals surface area (Å²) in [4.78, 5) is 17.6. The van der Waals surface area contributed by atoms with Crippen molar-refractivity contribution in [3.05, 3.63) is 70.8 Å². The van der Waals surface area contributed by atoms with Gasteiger partial charge >= 0.3 is 0 Å². The molecular weight excluding hydrogens is 382 g/mol. The lowest BCUT2D eigenvalue weighted by molar-refractivity contribution is 0.0951. The Morgan fingerprint density at radius 3 is 2.06 bits per heavy atom. The number of piperidine rings is 2. The molecule has 0 bridgehead atoms. The summed E-state index contributed by atoms with van der Waals surface area (Å²) in [5.41, 5.74) is 4.52. The first-order valence-electron chi connectivity index (χ1n) is 12.1. The van der Waals surface area contributed by atoms with Crippen LogP contribution in [0, 0.1) is 5.92 Å². The zero-order valence-corrected chi connectivity index (χ0v) is 19.0. The van der Waals surface area contributed by atoms with E-state index in [1.165, 1.54) is 69.4 Å². The molecule has 1 amide bonds. The minimum atomic E-state index is -0.00413. The van der Waals surface area contributed by atoms with Crippen molar-refractivity contribution in [2.24, 2.45) is 5.92 Å². The molecule has 2 aliphatic rings. The van der Waals surface area contributed by atoms with Crippen molar-refractivity contribution >= 4 is 5.91 Å². The zero-order chi connectivity index (χ0) is 21.5. The number of rotatable bonds is 7. The maximum absolute atomic E-state index is 12.6. The first-order valence-corrected chi connectivity index (χ1v) is 12.1. The van der Waals surface area contributed by atoms with Crippen LogP contribution in [0.25, 0.3) is 0 Å². The van der Waals surface area contributed by atoms with Gasteiger partial charge in [-0.1, -0.05) is 49.7 Å². The van der Waals surface area contributed by atoms with E-state index in [1.807, 2.05) is 12.1 Å². The van der Waals surface area contributed by atoms with Crippen LogP contribution in [0.3, 0.4) is 0 Å². The minimum Gasteiger partial charge on any atom is -0.348 e. The normalized spacial score (nSPS) is 20.5. The van der Waals surface area contributed by atoms with Gasteiger partial charge in [0.15, 0.2) is 0 Å². The Morgan fingerprint density at radius 2 is 1.39 bits per heavy atom. The second-order valence-corrected chi connectivity index (χ2v) is 9.52. The molecule has 4 rings (SSSR count). The molecule has 1 atom stereocenters. The van der Waals surface area contributed by atoms with Crippen LogP contribution in [0.15, 0.2) is 48.5 Å². The van der Waals surface area contributed by atoms with E-state index in [-0.39, 0.29) is 5.91 Å². The number of carbonyl (C=O) groups excluding carboxylic acids is 1. The molecule has 2 aromatic carbocycles. The van der Waals surface area contributed by atoms with Crippen LogP contribution in [0.1, 0.15) is 66.1 Å². The van der Waals surface area contributed by atoms with Gasteiger partial charge in [-0.2, -0.15) is 0 Å². The van der Waals surface area contributed by atoms with E-state index in [0.29, 0.717) is 6.54 Å². The Bertz CT molecular complexity index is 825. The molecule has 0 saturated carbocycles. The SMILES string of the molecule is C[C@@H]1CCCN(Cc2ccc(C(=O)NCc3ccc(CN4CCCCC4)cc3)cc2)C1. The summed E-state index contributed by atoms with van der Waals surface area (Å²) in [6.07, 6.45) is 6.65. The number of hydrogen-bond acceptors (Lipinski definition) is 3. The maximum Gasteiger partial charge on any atom is 0.251 e. The fourth-order valence-corrected chi connectivity index (χ4v) is 4.87. The predicted molar refractivity (Wildman–Crippen MR) is 127 cm³/mol. The highest BCUT2D eigenvalue weighted by molar-refractivity contribution is 5.94. The number of nitrogens with zero attached hydrogens (tertiary/aromatic N) is 2. The zero-order valence-electron chi connectivity index (χ0n) is 19.0. The second-order valence-electron chi connectivity index (χ2n) is 9.52. The van der Waals surface area contributed by atoms with Crippen molar-refractivity contribution in [2.75, 3.05) is 26.2 Å². The molecule has 4 heteroatoms. The fraction of sp³-hybridized carbons (Fsp3) is 0.519. The predicted octanol–water partition coefficient (Wildman–Crippen LogP) is 4.83. The number of hydrogen-bond donors (Lipinski definition) is 1. The van der Waals surface area contributed by atoms with E-state index in [9.17, 15) is 4.79 Å². The maximum atomic E-state index is 12.6. The molecule has 2 aliphatic heterocycles. The Balaban J connectivity index is 1.23. The smallest absolute Gasteiger partial charge is 0.251 e. The number of carbonyl (C=O) groups is 1. The van der Waals surface area contributed by atoms with Crippen LogP contribution in [0.4, 0.5) is 0 Å². The standard InChI is InChI=1S/C27H37N3O/c1-22-6-5-17-30(19-22)21-25-11-13-26(14-12-25)27(31)28-18-23-7-9-24(10-8-23)20-29-15-3-2-4-16-29/h7-14,22H,2-6,15-21H2,1H3,(H,28,31)/t22-/m1/s1. The minimum absolute atomic E-state index is 0.00413. The molecule has 0 aliphatic carbocycles. The fourth-order valence-electron chi connectivity index (χ4n) is 4.87. The van der Waals surface area contributed by atoms with Gasteiger partial charge in [0, 0.05) is 31.7 Å². The largest absolute Gasteiger partial charge is 0.348 e. The molecule has 2 aromatic rings. The Labute approximate surface area is 187 Å². The summed E-state index contributed by atoms with van der Waals surface area (Å²) in [5.74, 6) is 0.785. The van der Waals surface area contributed by atoms with Gasteiger partial charge in [0.2, 0.25) is 0 Å². The number of amides is 1. The molecule has 2 saturated heterocycles. The van der Waals surface area contributed by atoms with Crippen LogP contribution < -0.4 is 5.32 Å². The van der Waals surface area contributed by atoms with E-state index >= 15 is 0 Å². The van der Waals surface area contributed by atoms with Gasteiger partial charge in [-0.05, 0) is 80.1 Å². The third-order valence-corrected chi connectivity index (χ3v) is 6.69. The molecule has 1 N–H and O–H groups in total. The van der Waals surface area contributed by atoms with E-state index in [4.69, 9.17) is 0 Å². The average molecular weight is 420 g/mol. The molecule has 0 radical (unpaired) electrons. The van der Waals surface area contributed by atoms with Gasteiger partial charge in [-0.25, -0.2) is 0 Å². The van der Waals surface area contributed by atoms with Gasteiger partial charge in [0.1, 0.15) is 0 Å². The second kappa shape index (κ2) is 10.9. The van der Waals surface area contributed by atoms with Crippen molar-refractivity contribution in [3.8, 4) is 0 Å². The summed E-state index contributed by atoms with van der Waals surface area (Å²) >= 11 is 0. The first kappa shape index (κ1) is 22.0. The first-order chi connectivity index (χ1) is 15.2. The summed E-state index contributed by atoms with van der Waals surface area (Å²) in [7, 11) is 0. The highest BCUT2D eigenvalue weighted by Crippen LogP contribution is 2.18. The Kier molecular flexibility index (Phi) is 7.76. The number of likely N-dealkylation sites (tertiary alicyclic amines) is 2. The summed E-state index contributed by atoms with van der Waals surface area (Å²) < 4.78 is 0. The number of nitrogens with one attached hydrogen (secondary N) is 1. The monoisotopic (exact) mass is 419 g/mol. The molecule has 0 spiro atoms. The average Bonchev–Trinajstić information content (AvgIpc) is 2.80. The molecule has 2 fully saturated rings. The molecule has 166 valence electrons. The summed E-state index contributed by atoms with van der Waals surface area (Å²) in [6.45, 7) is 9.72. The van der Waals surface area contributed by atoms with Crippen LogP contribution in [-0.2, 0) is 19.6 Å². The van der Waals surface area contributed by atoms with Crippen LogP contribution in [-0.4, -0.2) is 41.9 Å². The topological polar surface area (TPSA) is 35.6 Å². The molecule has 2 heterocycles. The third-order valence-electron chi connectivity index (χ3n) is 6.69. The van der Waals surface area contributed by atoms with Gasteiger partial charge in [0.25, 0.3) is 5.91 Å². The molecule has 4 nitrogen and oxygen atoms in total. The van der Waals surface area contributed by atoms with Crippen LogP contribution in [0.5, 0.6) is 0 Å². The molecule has 0 unspecified atom stereocenters. The highest BCUT2D eigenvalue weighted by atomic mass is 16.1. The highest BCUT2D eigenvalue weighted by Gasteiger charge is 2.16. The molecule has 31 heavy (non-hydrogen) atoms. The van der Waals surface area contributed by atoms with Crippen molar-refractivity contribution in [2.45, 2.75) is 58.7 Å². The lowest BCUT2D eigenvalue weighted by Gasteiger charge is -2.30. The quantitative estimate of drug-likeness (QED) is 0.698. The van der Waals surface area contributed by atoms with Crippen LogP contribution >= 0.6 is 0 Å². The third kappa shape index (κ3) is 6.65. The summed E-state index contributed by atoms with van der Waals surface area (Å²) in [5, 5.41) is 3.06. The van der Waals surface area contributed by atoms with E-state index in [0.717, 1.165) is 30.1 Å². The van der Waals surface area contributed by atoms with Crippen molar-refractivity contribution in [3.63, 3.8) is 0 Å². The van der Waals surface area contributed by atoms with E-state index in [1.54, 1.807) is 0 Å². The van der Waals surface area contributed by atoms with Crippen molar-refractivity contribution in [1.29, 1.82) is 0 Å². The number of benzene rings is 2. The van der Waals surface area contributed by atoms with Crippen LogP contribution in [0.2, 0.25) is 0 Å². The molecule has 0 aromatic heterocycles. The van der Waals surface area contributed by atoms with E-state index in [2.05, 4.69) is 58.4 Å². The summed E-state index contributed by atoms with van der Waals surface area (Å²) in [6, 6.07) is 16.8. The van der Waals surface area contributed by atoms with E-state index < -0.39 is 0 Å². The van der Waals surface area contributed by atoms with Crippen molar-refractivity contribution in [1.82, 2.24) is 15.1 Å². The Morgan fingerprint density at radius 1 is 0.806 bits per heavy atom. The molecular formula is C27H37N3O. The van der Waals surface area contributed by atoms with Gasteiger partial charge in [-0.3, -0.25) is 14.6 Å². The Hall–Kier alpha value is -2.17. The van der Waals surface area contributed by atoms with Gasteiger partial charge < -0.3 is 5.32 Å². The lowest BCUT2D eigenvalue weighted by atomic mass is 9.99. The van der Waals surface area contributed by atoms with Crippen molar-refractivity contribution < 1.29 is 4.79 Å². The van der Waals surface area contributed by atoms with Gasteiger partial charge in [-0.15, -0.1) is 0 Å².